The van der Waals surface area contributed by atoms with E-state index < -0.39 is 0 Å². The minimum atomic E-state index is 0.627. The highest BCUT2D eigenvalue weighted by Gasteiger charge is 2.17. The quantitative estimate of drug-likeness (QED) is 0.476. The van der Waals surface area contributed by atoms with E-state index in [4.69, 9.17) is 15.2 Å². The van der Waals surface area contributed by atoms with Crippen LogP contribution >= 0.6 is 0 Å². The Labute approximate surface area is 174 Å². The molecule has 0 aliphatic carbocycles. The van der Waals surface area contributed by atoms with Gasteiger partial charge in [0.05, 0.1) is 29.5 Å². The predicted octanol–water partition coefficient (Wildman–Crippen LogP) is 3.84. The molecular weight excluding hydrogens is 378 g/mol. The van der Waals surface area contributed by atoms with Gasteiger partial charge in [-0.25, -0.2) is 9.97 Å². The van der Waals surface area contributed by atoms with Crippen molar-refractivity contribution in [1.29, 1.82) is 0 Å². The molecule has 3 heterocycles. The fraction of sp³-hybridized carbons (Fsp3) is 0.304. The molecule has 2 aromatic heterocycles. The molecule has 1 fully saturated rings. The van der Waals surface area contributed by atoms with Gasteiger partial charge in [-0.2, -0.15) is 0 Å². The number of aromatic amines is 1. The maximum Gasteiger partial charge on any atom is 0.163 e. The van der Waals surface area contributed by atoms with Crippen molar-refractivity contribution in [3.63, 3.8) is 0 Å². The topological polar surface area (TPSA) is 89.3 Å². The molecule has 1 aliphatic rings. The number of nitrogens with zero attached hydrogens (tertiary/aromatic N) is 3. The molecule has 0 atom stereocenters. The van der Waals surface area contributed by atoms with Gasteiger partial charge >= 0.3 is 0 Å². The van der Waals surface area contributed by atoms with Crippen LogP contribution in [0.2, 0.25) is 0 Å². The Morgan fingerprint density at radius 2 is 1.97 bits per heavy atom. The van der Waals surface area contributed by atoms with E-state index in [0.717, 1.165) is 52.7 Å². The van der Waals surface area contributed by atoms with Gasteiger partial charge in [-0.05, 0) is 38.1 Å². The number of hydrogen-bond donors (Lipinski definition) is 2. The number of H-pyrrole nitrogens is 1. The highest BCUT2D eigenvalue weighted by molar-refractivity contribution is 6.05. The van der Waals surface area contributed by atoms with E-state index in [1.165, 1.54) is 12.8 Å². The molecule has 30 heavy (non-hydrogen) atoms. The normalized spacial score (nSPS) is 14.6. The van der Waals surface area contributed by atoms with Crippen molar-refractivity contribution in [2.24, 2.45) is 0 Å². The summed E-state index contributed by atoms with van der Waals surface area (Å²) in [6, 6.07) is 9.77. The van der Waals surface area contributed by atoms with Gasteiger partial charge in [-0.3, -0.25) is 4.90 Å². The third-order valence-electron chi connectivity index (χ3n) is 5.79. The maximum absolute atomic E-state index is 6.11. The number of hydrogen-bond acceptors (Lipinski definition) is 6. The Balaban J connectivity index is 1.52. The summed E-state index contributed by atoms with van der Waals surface area (Å²) in [5, 5.41) is 1.93. The largest absolute Gasteiger partial charge is 0.493 e. The Morgan fingerprint density at radius 1 is 1.10 bits per heavy atom. The maximum atomic E-state index is 6.11. The molecule has 0 spiro atoms. The first-order chi connectivity index (χ1) is 14.7. The SMILES string of the molecule is COc1cc2c(-c3c[nH]c4c(N)cccc34)ncnc2cc1OCCN1CCCC1. The van der Waals surface area contributed by atoms with Gasteiger partial charge in [0.15, 0.2) is 11.5 Å². The summed E-state index contributed by atoms with van der Waals surface area (Å²) in [4.78, 5) is 14.7. The Morgan fingerprint density at radius 3 is 2.80 bits per heavy atom. The number of para-hydroxylation sites is 1. The van der Waals surface area contributed by atoms with Crippen molar-refractivity contribution < 1.29 is 9.47 Å². The second kappa shape index (κ2) is 7.84. The van der Waals surface area contributed by atoms with Crippen molar-refractivity contribution in [2.75, 3.05) is 39.1 Å². The average Bonchev–Trinajstić information content (AvgIpc) is 3.43. The van der Waals surface area contributed by atoms with Crippen molar-refractivity contribution in [2.45, 2.75) is 12.8 Å². The summed E-state index contributed by atoms with van der Waals surface area (Å²) >= 11 is 0. The van der Waals surface area contributed by atoms with Crippen LogP contribution in [0.3, 0.4) is 0 Å². The molecule has 0 saturated carbocycles. The zero-order chi connectivity index (χ0) is 20.5. The van der Waals surface area contributed by atoms with Gasteiger partial charge in [0.1, 0.15) is 12.9 Å². The van der Waals surface area contributed by atoms with E-state index in [9.17, 15) is 0 Å². The molecule has 5 rings (SSSR count). The summed E-state index contributed by atoms with van der Waals surface area (Å²) < 4.78 is 11.7. The van der Waals surface area contributed by atoms with Crippen molar-refractivity contribution >= 4 is 27.5 Å². The van der Waals surface area contributed by atoms with E-state index in [0.29, 0.717) is 23.8 Å². The van der Waals surface area contributed by atoms with Crippen molar-refractivity contribution in [3.05, 3.63) is 42.9 Å². The standard InChI is InChI=1S/C23H25N5O2/c1-29-20-11-16-19(12-21(20)30-10-9-28-7-2-3-8-28)26-14-27-22(16)17-13-25-23-15(17)5-4-6-18(23)24/h4-6,11-14,25H,2-3,7-10,24H2,1H3. The second-order valence-electron chi connectivity index (χ2n) is 7.61. The molecule has 0 radical (unpaired) electrons. The van der Waals surface area contributed by atoms with E-state index in [2.05, 4.69) is 19.9 Å². The van der Waals surface area contributed by atoms with Crippen LogP contribution < -0.4 is 15.2 Å². The molecule has 7 heteroatoms. The number of benzene rings is 2. The molecule has 3 N–H and O–H groups in total. The number of nitrogens with two attached hydrogens (primary N) is 1. The van der Waals surface area contributed by atoms with E-state index >= 15 is 0 Å². The first kappa shape index (κ1) is 18.7. The second-order valence-corrected chi connectivity index (χ2v) is 7.61. The average molecular weight is 403 g/mol. The number of rotatable bonds is 6. The van der Waals surface area contributed by atoms with E-state index in [-0.39, 0.29) is 0 Å². The minimum Gasteiger partial charge on any atom is -0.493 e. The summed E-state index contributed by atoms with van der Waals surface area (Å²) in [5.74, 6) is 1.39. The van der Waals surface area contributed by atoms with E-state index in [1.807, 2.05) is 36.5 Å². The van der Waals surface area contributed by atoms with Gasteiger partial charge in [0, 0.05) is 35.1 Å². The molecule has 4 aromatic rings. The first-order valence-electron chi connectivity index (χ1n) is 10.3. The third-order valence-corrected chi connectivity index (χ3v) is 5.79. The third kappa shape index (κ3) is 3.31. The number of likely N-dealkylation sites (tertiary alicyclic amines) is 1. The van der Waals surface area contributed by atoms with Gasteiger partial charge in [-0.15, -0.1) is 0 Å². The van der Waals surface area contributed by atoms with Crippen LogP contribution in [-0.2, 0) is 0 Å². The molecule has 7 nitrogen and oxygen atoms in total. The molecule has 0 amide bonds. The zero-order valence-corrected chi connectivity index (χ0v) is 17.0. The Hall–Kier alpha value is -3.32. The van der Waals surface area contributed by atoms with Gasteiger partial charge in [0.25, 0.3) is 0 Å². The fourth-order valence-corrected chi connectivity index (χ4v) is 4.22. The predicted molar refractivity (Wildman–Crippen MR) is 119 cm³/mol. The molecule has 0 unspecified atom stereocenters. The van der Waals surface area contributed by atoms with Gasteiger partial charge < -0.3 is 20.2 Å². The molecule has 2 aromatic carbocycles. The number of nitrogen functional groups attached to an aromatic ring is 1. The van der Waals surface area contributed by atoms with Crippen molar-refractivity contribution in [3.8, 4) is 22.8 Å². The number of anilines is 1. The smallest absolute Gasteiger partial charge is 0.163 e. The highest BCUT2D eigenvalue weighted by atomic mass is 16.5. The van der Waals surface area contributed by atoms with Gasteiger partial charge in [0.2, 0.25) is 0 Å². The van der Waals surface area contributed by atoms with Crippen LogP contribution in [0, 0.1) is 0 Å². The van der Waals surface area contributed by atoms with Gasteiger partial charge in [-0.1, -0.05) is 12.1 Å². The number of methoxy groups -OCH3 is 1. The molecule has 0 bridgehead atoms. The number of aromatic nitrogens is 3. The molecule has 1 aliphatic heterocycles. The van der Waals surface area contributed by atoms with Crippen molar-refractivity contribution in [1.82, 2.24) is 19.9 Å². The Kier molecular flexibility index (Phi) is 4.88. The fourth-order valence-electron chi connectivity index (χ4n) is 4.22. The number of ether oxygens (including phenoxy) is 2. The number of fused-ring (bicyclic) bond motifs is 2. The number of nitrogens with one attached hydrogen (secondary N) is 1. The lowest BCUT2D eigenvalue weighted by Crippen LogP contribution is -2.25. The summed E-state index contributed by atoms with van der Waals surface area (Å²) in [7, 11) is 1.66. The monoisotopic (exact) mass is 403 g/mol. The summed E-state index contributed by atoms with van der Waals surface area (Å²) in [5.41, 5.74) is 10.4. The van der Waals surface area contributed by atoms with Crippen LogP contribution in [0.5, 0.6) is 11.5 Å². The van der Waals surface area contributed by atoms with Crippen LogP contribution in [0.25, 0.3) is 33.1 Å². The molecule has 1 saturated heterocycles. The lowest BCUT2D eigenvalue weighted by atomic mass is 10.0. The van der Waals surface area contributed by atoms with Crippen LogP contribution in [-0.4, -0.2) is 53.2 Å². The van der Waals surface area contributed by atoms with Crippen LogP contribution in [0.15, 0.2) is 42.9 Å². The summed E-state index contributed by atoms with van der Waals surface area (Å²) in [6.45, 7) is 3.86. The Bertz CT molecular complexity index is 1200. The lowest BCUT2D eigenvalue weighted by molar-refractivity contribution is 0.230. The lowest BCUT2D eigenvalue weighted by Gasteiger charge is -2.17. The molecule has 154 valence electrons. The van der Waals surface area contributed by atoms with Crippen LogP contribution in [0.1, 0.15) is 12.8 Å². The first-order valence-corrected chi connectivity index (χ1v) is 10.3. The zero-order valence-electron chi connectivity index (χ0n) is 17.0. The van der Waals surface area contributed by atoms with E-state index in [1.54, 1.807) is 13.4 Å². The minimum absolute atomic E-state index is 0.627. The highest BCUT2D eigenvalue weighted by Crippen LogP contribution is 2.38. The van der Waals surface area contributed by atoms with Crippen LogP contribution in [0.4, 0.5) is 5.69 Å². The molecular formula is C23H25N5O2. The summed E-state index contributed by atoms with van der Waals surface area (Å²) in [6.07, 6.45) is 6.08.